The minimum atomic E-state index is -1.28. The number of nitrogens with one attached hydrogen (secondary N) is 2. The predicted molar refractivity (Wildman–Crippen MR) is 132 cm³/mol. The Hall–Kier alpha value is -3.85. The molecule has 0 saturated carbocycles. The van der Waals surface area contributed by atoms with Crippen molar-refractivity contribution in [1.29, 1.82) is 0 Å². The summed E-state index contributed by atoms with van der Waals surface area (Å²) in [7, 11) is 0. The normalized spacial score (nSPS) is 18.6. The quantitative estimate of drug-likeness (QED) is 0.152. The van der Waals surface area contributed by atoms with E-state index in [1.54, 1.807) is 19.1 Å². The third-order valence-electron chi connectivity index (χ3n) is 5.65. The molecule has 0 radical (unpaired) electrons. The summed E-state index contributed by atoms with van der Waals surface area (Å²) in [5, 5.41) is 18.2. The van der Waals surface area contributed by atoms with Crippen molar-refractivity contribution in [2.24, 2.45) is 0 Å². The molecule has 194 valence electrons. The Labute approximate surface area is 217 Å². The Morgan fingerprint density at radius 2 is 2.03 bits per heavy atom. The van der Waals surface area contributed by atoms with Crippen molar-refractivity contribution in [3.05, 3.63) is 61.8 Å². The van der Waals surface area contributed by atoms with E-state index in [0.29, 0.717) is 23.4 Å². The van der Waals surface area contributed by atoms with Crippen LogP contribution >= 0.6 is 23.5 Å². The van der Waals surface area contributed by atoms with E-state index in [0.717, 1.165) is 16.7 Å². The first kappa shape index (κ1) is 26.2. The Bertz CT molecular complexity index is 1400. The van der Waals surface area contributed by atoms with Gasteiger partial charge in [-0.3, -0.25) is 33.4 Å². The molecule has 3 N–H and O–H groups in total. The minimum Gasteiger partial charge on any atom is -0.477 e. The molecule has 1 aromatic heterocycles. The molecular weight excluding hydrogens is 526 g/mol. The second kappa shape index (κ2) is 11.0. The van der Waals surface area contributed by atoms with Crippen LogP contribution in [0.25, 0.3) is 0 Å². The molecule has 4 rings (SSSR count). The summed E-state index contributed by atoms with van der Waals surface area (Å²) in [6, 6.07) is 5.44. The van der Waals surface area contributed by atoms with E-state index in [1.807, 2.05) is 0 Å². The third kappa shape index (κ3) is 5.32. The standard InChI is InChI=1S/C22H21N5O8S2/c1-2-26-19(32)17(30)24-25-22(26)37-9-12-8-36-20-15(18(31)27(20)16(12)21(33)34)23-14(29)7-11-3-5-13(6-4-11)35-10-28/h3-6,10,15,20H,2,7-9H2,1H3,(H,23,29)(H,24,30)(H,33,34). The Kier molecular flexibility index (Phi) is 7.83. The van der Waals surface area contributed by atoms with Gasteiger partial charge in [-0.1, -0.05) is 23.9 Å². The van der Waals surface area contributed by atoms with Crippen molar-refractivity contribution >= 4 is 47.8 Å². The number of benzene rings is 1. The number of rotatable bonds is 10. The number of carboxylic acids is 1. The lowest BCUT2D eigenvalue weighted by Gasteiger charge is -2.49. The molecule has 15 heteroatoms. The van der Waals surface area contributed by atoms with E-state index < -0.39 is 40.3 Å². The van der Waals surface area contributed by atoms with Gasteiger partial charge >= 0.3 is 17.1 Å². The van der Waals surface area contributed by atoms with Gasteiger partial charge in [-0.05, 0) is 30.2 Å². The van der Waals surface area contributed by atoms with E-state index in [9.17, 15) is 33.9 Å². The molecule has 2 amide bonds. The maximum Gasteiger partial charge on any atom is 0.352 e. The highest BCUT2D eigenvalue weighted by atomic mass is 32.2. The summed E-state index contributed by atoms with van der Waals surface area (Å²) in [5.74, 6) is -1.48. The van der Waals surface area contributed by atoms with Crippen molar-refractivity contribution in [1.82, 2.24) is 25.0 Å². The first-order valence-electron chi connectivity index (χ1n) is 11.0. The fourth-order valence-electron chi connectivity index (χ4n) is 3.90. The highest BCUT2D eigenvalue weighted by Crippen LogP contribution is 2.41. The number of carbonyl (C=O) groups excluding carboxylic acids is 3. The molecule has 2 atom stereocenters. The third-order valence-corrected chi connectivity index (χ3v) is 8.06. The van der Waals surface area contributed by atoms with Crippen molar-refractivity contribution in [2.45, 2.75) is 36.5 Å². The van der Waals surface area contributed by atoms with E-state index >= 15 is 0 Å². The monoisotopic (exact) mass is 547 g/mol. The number of fused-ring (bicyclic) bond motifs is 1. The molecule has 0 aliphatic carbocycles. The summed E-state index contributed by atoms with van der Waals surface area (Å²) in [6.45, 7) is 2.19. The van der Waals surface area contributed by atoms with E-state index in [-0.39, 0.29) is 35.3 Å². The summed E-state index contributed by atoms with van der Waals surface area (Å²) >= 11 is 2.40. The van der Waals surface area contributed by atoms with Crippen molar-refractivity contribution < 1.29 is 29.0 Å². The van der Waals surface area contributed by atoms with Gasteiger partial charge in [0.15, 0.2) is 5.16 Å². The summed E-state index contributed by atoms with van der Waals surface area (Å²) < 4.78 is 5.90. The lowest BCUT2D eigenvalue weighted by atomic mass is 10.0. The highest BCUT2D eigenvalue weighted by Gasteiger charge is 2.54. The first-order valence-corrected chi connectivity index (χ1v) is 13.0. The predicted octanol–water partition coefficient (Wildman–Crippen LogP) is -0.440. The maximum absolute atomic E-state index is 12.9. The van der Waals surface area contributed by atoms with Gasteiger partial charge in [-0.25, -0.2) is 9.89 Å². The van der Waals surface area contributed by atoms with Crippen molar-refractivity contribution in [3.63, 3.8) is 0 Å². The minimum absolute atomic E-state index is 0.0165. The number of carboxylic acid groups (broad SMARTS) is 1. The van der Waals surface area contributed by atoms with Crippen LogP contribution in [0.2, 0.25) is 0 Å². The first-order chi connectivity index (χ1) is 17.7. The lowest BCUT2D eigenvalue weighted by Crippen LogP contribution is -2.70. The van der Waals surface area contributed by atoms with Crippen LogP contribution in [0.5, 0.6) is 5.75 Å². The average molecular weight is 548 g/mol. The molecule has 1 aromatic carbocycles. The van der Waals surface area contributed by atoms with Crippen LogP contribution in [-0.4, -0.2) is 71.9 Å². The zero-order valence-corrected chi connectivity index (χ0v) is 21.0. The number of amides is 2. The molecule has 1 saturated heterocycles. The number of thioether (sulfide) groups is 2. The highest BCUT2D eigenvalue weighted by molar-refractivity contribution is 8.01. The zero-order chi connectivity index (χ0) is 26.7. The number of ether oxygens (including phenoxy) is 1. The number of aromatic amines is 1. The van der Waals surface area contributed by atoms with E-state index in [2.05, 4.69) is 15.5 Å². The van der Waals surface area contributed by atoms with Crippen LogP contribution in [0.4, 0.5) is 0 Å². The van der Waals surface area contributed by atoms with Gasteiger partial charge in [0.25, 0.3) is 12.4 Å². The summed E-state index contributed by atoms with van der Waals surface area (Å²) in [5.41, 5.74) is -0.671. The molecule has 3 heterocycles. The van der Waals surface area contributed by atoms with Gasteiger partial charge < -0.3 is 15.2 Å². The molecule has 0 bridgehead atoms. The van der Waals surface area contributed by atoms with Gasteiger partial charge in [-0.15, -0.1) is 16.9 Å². The molecular formula is C22H21N5O8S2. The molecule has 2 aliphatic heterocycles. The fourth-order valence-corrected chi connectivity index (χ4v) is 6.40. The molecule has 0 spiro atoms. The van der Waals surface area contributed by atoms with Gasteiger partial charge in [-0.2, -0.15) is 0 Å². The molecule has 1 fully saturated rings. The second-order valence-corrected chi connectivity index (χ2v) is 9.97. The number of aromatic nitrogens is 3. The molecule has 2 aromatic rings. The number of hydrogen-bond acceptors (Lipinski definition) is 10. The Balaban J connectivity index is 1.44. The lowest BCUT2D eigenvalue weighted by molar-refractivity contribution is -0.150. The van der Waals surface area contributed by atoms with Crippen LogP contribution in [0, 0.1) is 0 Å². The van der Waals surface area contributed by atoms with Crippen LogP contribution in [0.3, 0.4) is 0 Å². The van der Waals surface area contributed by atoms with Gasteiger partial charge in [0, 0.05) is 18.1 Å². The maximum atomic E-state index is 12.9. The van der Waals surface area contributed by atoms with Gasteiger partial charge in [0.05, 0.1) is 6.42 Å². The molecule has 13 nitrogen and oxygen atoms in total. The smallest absolute Gasteiger partial charge is 0.352 e. The SMILES string of the molecule is CCn1c(SCC2=C(C(=O)O)N3C(=O)C(NC(=O)Cc4ccc(OC=O)cc4)C3SC2)n[nH]c(=O)c1=O. The number of H-pyrrole nitrogens is 1. The number of nitrogens with zero attached hydrogens (tertiary/aromatic N) is 3. The summed E-state index contributed by atoms with van der Waals surface area (Å²) in [6.07, 6.45) is -0.0165. The van der Waals surface area contributed by atoms with Crippen LogP contribution in [0.1, 0.15) is 12.5 Å². The largest absolute Gasteiger partial charge is 0.477 e. The topological polar surface area (TPSA) is 181 Å². The van der Waals surface area contributed by atoms with Gasteiger partial charge in [0.2, 0.25) is 5.91 Å². The molecule has 2 aliphatic rings. The van der Waals surface area contributed by atoms with Crippen molar-refractivity contribution in [3.8, 4) is 5.75 Å². The number of aliphatic carboxylic acids is 1. The van der Waals surface area contributed by atoms with Crippen LogP contribution < -0.4 is 21.2 Å². The number of hydrogen-bond donors (Lipinski definition) is 3. The van der Waals surface area contributed by atoms with E-state index in [4.69, 9.17) is 4.74 Å². The second-order valence-electron chi connectivity index (χ2n) is 7.92. The Morgan fingerprint density at radius 1 is 1.30 bits per heavy atom. The Morgan fingerprint density at radius 3 is 2.68 bits per heavy atom. The fraction of sp³-hybridized carbons (Fsp3) is 0.318. The number of carbonyl (C=O) groups is 4. The van der Waals surface area contributed by atoms with Crippen molar-refractivity contribution in [2.75, 3.05) is 11.5 Å². The molecule has 37 heavy (non-hydrogen) atoms. The summed E-state index contributed by atoms with van der Waals surface area (Å²) in [4.78, 5) is 72.6. The molecule has 2 unspecified atom stereocenters. The number of β-lactam (4-membered cyclic amide) rings is 1. The zero-order valence-electron chi connectivity index (χ0n) is 19.3. The van der Waals surface area contributed by atoms with E-state index in [1.165, 1.54) is 28.5 Å². The average Bonchev–Trinajstić information content (AvgIpc) is 2.88. The van der Waals surface area contributed by atoms with Crippen LogP contribution in [-0.2, 0) is 32.1 Å². The van der Waals surface area contributed by atoms with Crippen LogP contribution in [0.15, 0.2) is 50.3 Å². The van der Waals surface area contributed by atoms with Gasteiger partial charge in [0.1, 0.15) is 22.9 Å².